The molecule has 7 nitrogen and oxygen atoms in total. The maximum Gasteiger partial charge on any atom is 0.257 e. The van der Waals surface area contributed by atoms with Gasteiger partial charge in [0.2, 0.25) is 0 Å². The van der Waals surface area contributed by atoms with Gasteiger partial charge in [-0.15, -0.1) is 0 Å². The van der Waals surface area contributed by atoms with Crippen LogP contribution in [0.15, 0.2) is 36.7 Å². The first kappa shape index (κ1) is 19.0. The molecule has 2 saturated heterocycles. The van der Waals surface area contributed by atoms with Gasteiger partial charge in [0.1, 0.15) is 5.75 Å². The van der Waals surface area contributed by atoms with Gasteiger partial charge in [-0.2, -0.15) is 5.10 Å². The number of carbonyl (C=O) groups excluding carboxylic acids is 1. The van der Waals surface area contributed by atoms with Crippen LogP contribution in [0.25, 0.3) is 5.69 Å². The molecule has 0 saturated carbocycles. The molecule has 1 amide bonds. The number of likely N-dealkylation sites (tertiary alicyclic amines) is 1. The Balaban J connectivity index is 1.28. The maximum absolute atomic E-state index is 12.5. The Morgan fingerprint density at radius 1 is 1.07 bits per heavy atom. The molecule has 7 heteroatoms. The summed E-state index contributed by atoms with van der Waals surface area (Å²) >= 11 is 0. The maximum atomic E-state index is 12.5. The zero-order chi connectivity index (χ0) is 19.2. The second-order valence-corrected chi connectivity index (χ2v) is 7.32. The van der Waals surface area contributed by atoms with E-state index in [1.54, 1.807) is 17.1 Å². The van der Waals surface area contributed by atoms with Crippen LogP contribution in [-0.2, 0) is 4.74 Å². The van der Waals surface area contributed by atoms with Crippen molar-refractivity contribution in [3.05, 3.63) is 42.2 Å². The molecule has 2 aliphatic heterocycles. The number of ether oxygens (including phenoxy) is 2. The summed E-state index contributed by atoms with van der Waals surface area (Å²) in [5.41, 5.74) is 1.51. The smallest absolute Gasteiger partial charge is 0.257 e. The highest BCUT2D eigenvalue weighted by atomic mass is 16.5. The van der Waals surface area contributed by atoms with Crippen molar-refractivity contribution in [3.8, 4) is 11.4 Å². The molecule has 0 atom stereocenters. The molecule has 3 heterocycles. The van der Waals surface area contributed by atoms with Gasteiger partial charge in [-0.05, 0) is 56.6 Å². The predicted octanol–water partition coefficient (Wildman–Crippen LogP) is 2.21. The van der Waals surface area contributed by atoms with Crippen LogP contribution in [0.4, 0.5) is 0 Å². The van der Waals surface area contributed by atoms with E-state index in [1.807, 2.05) is 29.2 Å². The normalized spacial score (nSPS) is 17.8. The van der Waals surface area contributed by atoms with E-state index in [2.05, 4.69) is 10.00 Å². The van der Waals surface area contributed by atoms with Gasteiger partial charge in [-0.1, -0.05) is 0 Å². The second kappa shape index (κ2) is 9.21. The summed E-state index contributed by atoms with van der Waals surface area (Å²) in [6.45, 7) is 6.77. The van der Waals surface area contributed by atoms with Crippen LogP contribution in [0.5, 0.6) is 5.75 Å². The highest BCUT2D eigenvalue weighted by Gasteiger charge is 2.20. The SMILES string of the molecule is O=C(c1cnn(-c2ccc(OCCCN3CCCC3)cc2)c1)N1CCOCC1. The minimum absolute atomic E-state index is 0.00695. The number of nitrogens with zero attached hydrogens (tertiary/aromatic N) is 4. The topological polar surface area (TPSA) is 59.8 Å². The van der Waals surface area contributed by atoms with E-state index in [1.165, 1.54) is 25.9 Å². The second-order valence-electron chi connectivity index (χ2n) is 7.32. The van der Waals surface area contributed by atoms with E-state index in [4.69, 9.17) is 9.47 Å². The number of rotatable bonds is 7. The van der Waals surface area contributed by atoms with Crippen molar-refractivity contribution < 1.29 is 14.3 Å². The van der Waals surface area contributed by atoms with Crippen LogP contribution in [0.2, 0.25) is 0 Å². The molecule has 2 aromatic rings. The van der Waals surface area contributed by atoms with Gasteiger partial charge in [0.15, 0.2) is 0 Å². The van der Waals surface area contributed by atoms with Gasteiger partial charge in [-0.25, -0.2) is 4.68 Å². The Labute approximate surface area is 165 Å². The van der Waals surface area contributed by atoms with Crippen LogP contribution in [0.1, 0.15) is 29.6 Å². The van der Waals surface area contributed by atoms with Crippen LogP contribution < -0.4 is 4.74 Å². The van der Waals surface area contributed by atoms with E-state index in [0.717, 1.165) is 31.0 Å². The molecule has 0 aliphatic carbocycles. The molecular formula is C21H28N4O3. The van der Waals surface area contributed by atoms with Gasteiger partial charge in [0.05, 0.1) is 37.3 Å². The lowest BCUT2D eigenvalue weighted by Gasteiger charge is -2.26. The molecule has 150 valence electrons. The summed E-state index contributed by atoms with van der Waals surface area (Å²) in [7, 11) is 0. The predicted molar refractivity (Wildman–Crippen MR) is 106 cm³/mol. The summed E-state index contributed by atoms with van der Waals surface area (Å²) in [4.78, 5) is 16.8. The Morgan fingerprint density at radius 3 is 2.57 bits per heavy atom. The van der Waals surface area contributed by atoms with Crippen LogP contribution in [0, 0.1) is 0 Å². The molecule has 0 N–H and O–H groups in total. The van der Waals surface area contributed by atoms with Gasteiger partial charge in [0, 0.05) is 25.8 Å². The summed E-state index contributed by atoms with van der Waals surface area (Å²) < 4.78 is 12.9. The molecule has 2 fully saturated rings. The summed E-state index contributed by atoms with van der Waals surface area (Å²) in [5.74, 6) is 0.870. The molecule has 0 unspecified atom stereocenters. The fraction of sp³-hybridized carbons (Fsp3) is 0.524. The zero-order valence-corrected chi connectivity index (χ0v) is 16.3. The number of hydrogen-bond acceptors (Lipinski definition) is 5. The average Bonchev–Trinajstić information content (AvgIpc) is 3.44. The van der Waals surface area contributed by atoms with E-state index >= 15 is 0 Å². The first-order valence-electron chi connectivity index (χ1n) is 10.2. The Morgan fingerprint density at radius 2 is 1.82 bits per heavy atom. The number of benzene rings is 1. The first-order valence-corrected chi connectivity index (χ1v) is 10.2. The average molecular weight is 384 g/mol. The van der Waals surface area contributed by atoms with E-state index in [-0.39, 0.29) is 5.91 Å². The molecule has 1 aromatic carbocycles. The minimum Gasteiger partial charge on any atom is -0.494 e. The highest BCUT2D eigenvalue weighted by Crippen LogP contribution is 2.17. The number of aromatic nitrogens is 2. The lowest BCUT2D eigenvalue weighted by Crippen LogP contribution is -2.40. The lowest BCUT2D eigenvalue weighted by atomic mass is 10.2. The fourth-order valence-electron chi connectivity index (χ4n) is 3.70. The van der Waals surface area contributed by atoms with Crippen molar-refractivity contribution in [1.29, 1.82) is 0 Å². The van der Waals surface area contributed by atoms with E-state index in [9.17, 15) is 4.79 Å². The van der Waals surface area contributed by atoms with Gasteiger partial charge in [0.25, 0.3) is 5.91 Å². The molecule has 4 rings (SSSR count). The van der Waals surface area contributed by atoms with Gasteiger partial charge in [-0.3, -0.25) is 4.79 Å². The van der Waals surface area contributed by atoms with Crippen molar-refractivity contribution in [3.63, 3.8) is 0 Å². The number of morpholine rings is 1. The molecular weight excluding hydrogens is 356 g/mol. The third-order valence-electron chi connectivity index (χ3n) is 5.32. The van der Waals surface area contributed by atoms with Crippen molar-refractivity contribution in [1.82, 2.24) is 19.6 Å². The Kier molecular flexibility index (Phi) is 6.24. The number of carbonyl (C=O) groups is 1. The summed E-state index contributed by atoms with van der Waals surface area (Å²) in [5, 5.41) is 4.34. The monoisotopic (exact) mass is 384 g/mol. The zero-order valence-electron chi connectivity index (χ0n) is 16.3. The van der Waals surface area contributed by atoms with E-state index < -0.39 is 0 Å². The van der Waals surface area contributed by atoms with Crippen molar-refractivity contribution >= 4 is 5.91 Å². The molecule has 2 aliphatic rings. The Bertz CT molecular complexity index is 762. The summed E-state index contributed by atoms with van der Waals surface area (Å²) in [6.07, 6.45) is 7.11. The lowest BCUT2D eigenvalue weighted by molar-refractivity contribution is 0.0303. The van der Waals surface area contributed by atoms with Crippen LogP contribution in [0.3, 0.4) is 0 Å². The molecule has 0 spiro atoms. The van der Waals surface area contributed by atoms with Gasteiger partial charge >= 0.3 is 0 Å². The standard InChI is InChI=1S/C21H28N4O3/c26-21(24-11-14-27-15-12-24)18-16-22-25(17-18)19-4-6-20(7-5-19)28-13-3-10-23-8-1-2-9-23/h4-7,16-17H,1-3,8-15H2. The van der Waals surface area contributed by atoms with Crippen LogP contribution in [-0.4, -0.2) is 78.0 Å². The third-order valence-corrected chi connectivity index (χ3v) is 5.32. The van der Waals surface area contributed by atoms with E-state index in [0.29, 0.717) is 31.9 Å². The minimum atomic E-state index is 0.00695. The highest BCUT2D eigenvalue weighted by molar-refractivity contribution is 5.93. The number of amides is 1. The molecule has 28 heavy (non-hydrogen) atoms. The fourth-order valence-corrected chi connectivity index (χ4v) is 3.70. The largest absolute Gasteiger partial charge is 0.494 e. The Hall–Kier alpha value is -2.38. The third kappa shape index (κ3) is 4.72. The quantitative estimate of drug-likeness (QED) is 0.685. The van der Waals surface area contributed by atoms with Gasteiger partial charge < -0.3 is 19.3 Å². The summed E-state index contributed by atoms with van der Waals surface area (Å²) in [6, 6.07) is 7.84. The van der Waals surface area contributed by atoms with Crippen molar-refractivity contribution in [2.75, 3.05) is 52.5 Å². The molecule has 0 bridgehead atoms. The van der Waals surface area contributed by atoms with Crippen molar-refractivity contribution in [2.45, 2.75) is 19.3 Å². The molecule has 1 aromatic heterocycles. The van der Waals surface area contributed by atoms with Crippen molar-refractivity contribution in [2.24, 2.45) is 0 Å². The first-order chi connectivity index (χ1) is 13.8. The van der Waals surface area contributed by atoms with Crippen LogP contribution >= 0.6 is 0 Å². The molecule has 0 radical (unpaired) electrons. The number of hydrogen-bond donors (Lipinski definition) is 0.